The van der Waals surface area contributed by atoms with E-state index in [9.17, 15) is 0 Å². The number of rotatable bonds is 4. The number of nitrogens with zero attached hydrogens (tertiary/aromatic N) is 2. The first-order valence-electron chi connectivity index (χ1n) is 6.47. The summed E-state index contributed by atoms with van der Waals surface area (Å²) in [5, 5.41) is 5.45. The summed E-state index contributed by atoms with van der Waals surface area (Å²) < 4.78 is 0. The third kappa shape index (κ3) is 2.56. The van der Waals surface area contributed by atoms with Crippen molar-refractivity contribution < 1.29 is 0 Å². The Kier molecular flexibility index (Phi) is 3.73. The standard InChI is InChI=1S/C15H16N4S/c1-10-9-20-15(18-10)6-14(19-16)13-8-17-7-11-4-2-3-5-12(11)13/h2-5,7-9,14,19H,6,16H2,1H3. The third-order valence-electron chi connectivity index (χ3n) is 3.32. The van der Waals surface area contributed by atoms with Crippen molar-refractivity contribution in [3.8, 4) is 0 Å². The summed E-state index contributed by atoms with van der Waals surface area (Å²) in [5.41, 5.74) is 5.06. The van der Waals surface area contributed by atoms with Gasteiger partial charge in [0.1, 0.15) is 0 Å². The lowest BCUT2D eigenvalue weighted by Crippen LogP contribution is -2.29. The molecule has 0 saturated heterocycles. The number of aryl methyl sites for hydroxylation is 1. The third-order valence-corrected chi connectivity index (χ3v) is 4.31. The fourth-order valence-electron chi connectivity index (χ4n) is 2.35. The number of hydrogen-bond donors (Lipinski definition) is 2. The molecule has 2 aromatic heterocycles. The molecule has 1 aromatic carbocycles. The van der Waals surface area contributed by atoms with Gasteiger partial charge in [-0.1, -0.05) is 24.3 Å². The quantitative estimate of drug-likeness (QED) is 0.571. The van der Waals surface area contributed by atoms with Crippen LogP contribution in [0.5, 0.6) is 0 Å². The van der Waals surface area contributed by atoms with E-state index in [0.717, 1.165) is 28.1 Å². The first kappa shape index (κ1) is 13.2. The second kappa shape index (κ2) is 5.66. The Bertz CT molecular complexity index is 717. The van der Waals surface area contributed by atoms with Crippen LogP contribution >= 0.6 is 11.3 Å². The lowest BCUT2D eigenvalue weighted by atomic mass is 10.00. The minimum absolute atomic E-state index is 0.0131. The zero-order valence-electron chi connectivity index (χ0n) is 11.2. The summed E-state index contributed by atoms with van der Waals surface area (Å²) in [6.45, 7) is 2.00. The molecule has 0 fully saturated rings. The van der Waals surface area contributed by atoms with E-state index in [-0.39, 0.29) is 6.04 Å². The van der Waals surface area contributed by atoms with Crippen molar-refractivity contribution in [2.75, 3.05) is 0 Å². The van der Waals surface area contributed by atoms with Crippen molar-refractivity contribution in [3.05, 3.63) is 58.3 Å². The van der Waals surface area contributed by atoms with E-state index in [0.29, 0.717) is 0 Å². The average Bonchev–Trinajstić information content (AvgIpc) is 2.89. The van der Waals surface area contributed by atoms with Gasteiger partial charge in [-0.3, -0.25) is 16.3 Å². The molecule has 20 heavy (non-hydrogen) atoms. The van der Waals surface area contributed by atoms with Crippen LogP contribution in [0.4, 0.5) is 0 Å². The molecule has 0 aliphatic rings. The van der Waals surface area contributed by atoms with Gasteiger partial charge in [0.2, 0.25) is 0 Å². The maximum absolute atomic E-state index is 5.75. The molecule has 1 atom stereocenters. The molecule has 0 saturated carbocycles. The molecule has 102 valence electrons. The van der Waals surface area contributed by atoms with Crippen molar-refractivity contribution in [2.24, 2.45) is 5.84 Å². The highest BCUT2D eigenvalue weighted by molar-refractivity contribution is 7.09. The van der Waals surface area contributed by atoms with Crippen molar-refractivity contribution in [1.82, 2.24) is 15.4 Å². The maximum atomic E-state index is 5.75. The molecular formula is C15H16N4S. The lowest BCUT2D eigenvalue weighted by molar-refractivity contribution is 0.552. The van der Waals surface area contributed by atoms with Gasteiger partial charge >= 0.3 is 0 Å². The van der Waals surface area contributed by atoms with Crippen molar-refractivity contribution >= 4 is 22.1 Å². The Labute approximate surface area is 121 Å². The number of hydrogen-bond acceptors (Lipinski definition) is 5. The number of benzene rings is 1. The summed E-state index contributed by atoms with van der Waals surface area (Å²) in [7, 11) is 0. The lowest BCUT2D eigenvalue weighted by Gasteiger charge is -2.16. The molecule has 3 rings (SSSR count). The van der Waals surface area contributed by atoms with E-state index in [1.54, 1.807) is 11.3 Å². The monoisotopic (exact) mass is 284 g/mol. The zero-order valence-corrected chi connectivity index (χ0v) is 12.0. The van der Waals surface area contributed by atoms with Gasteiger partial charge in [0, 0.05) is 35.3 Å². The van der Waals surface area contributed by atoms with Crippen molar-refractivity contribution in [2.45, 2.75) is 19.4 Å². The molecule has 0 aliphatic heterocycles. The Morgan fingerprint density at radius 1 is 1.30 bits per heavy atom. The number of nitrogens with one attached hydrogen (secondary N) is 1. The highest BCUT2D eigenvalue weighted by Gasteiger charge is 2.15. The Balaban J connectivity index is 1.98. The number of thiazole rings is 1. The average molecular weight is 284 g/mol. The summed E-state index contributed by atoms with van der Waals surface area (Å²) in [5.74, 6) is 5.75. The van der Waals surface area contributed by atoms with Gasteiger partial charge in [0.05, 0.1) is 11.0 Å². The molecule has 3 N–H and O–H groups in total. The van der Waals surface area contributed by atoms with Crippen LogP contribution in [-0.2, 0) is 6.42 Å². The van der Waals surface area contributed by atoms with Crippen LogP contribution in [0.2, 0.25) is 0 Å². The number of pyridine rings is 1. The smallest absolute Gasteiger partial charge is 0.0947 e. The molecule has 2 heterocycles. The SMILES string of the molecule is Cc1csc(CC(NN)c2cncc3ccccc23)n1. The molecule has 0 bridgehead atoms. The number of nitrogens with two attached hydrogens (primary N) is 1. The van der Waals surface area contributed by atoms with Crippen LogP contribution in [0.1, 0.15) is 22.3 Å². The van der Waals surface area contributed by atoms with Crippen molar-refractivity contribution in [3.63, 3.8) is 0 Å². The Hall–Kier alpha value is -1.82. The van der Waals surface area contributed by atoms with Gasteiger partial charge in [0.25, 0.3) is 0 Å². The van der Waals surface area contributed by atoms with Gasteiger partial charge in [0.15, 0.2) is 0 Å². The van der Waals surface area contributed by atoms with E-state index in [1.807, 2.05) is 31.5 Å². The first-order chi connectivity index (χ1) is 9.78. The summed E-state index contributed by atoms with van der Waals surface area (Å²) in [6, 6.07) is 8.23. The molecule has 0 aliphatic carbocycles. The second-order valence-electron chi connectivity index (χ2n) is 4.76. The topological polar surface area (TPSA) is 63.8 Å². The molecule has 0 amide bonds. The predicted molar refractivity (Wildman–Crippen MR) is 82.4 cm³/mol. The van der Waals surface area contributed by atoms with Crippen LogP contribution in [0.3, 0.4) is 0 Å². The molecule has 0 spiro atoms. The first-order valence-corrected chi connectivity index (χ1v) is 7.35. The van der Waals surface area contributed by atoms with Crippen LogP contribution < -0.4 is 11.3 Å². The highest BCUT2D eigenvalue weighted by Crippen LogP contribution is 2.26. The number of aromatic nitrogens is 2. The molecule has 3 aromatic rings. The van der Waals surface area contributed by atoms with Gasteiger partial charge in [-0.2, -0.15) is 0 Å². The minimum atomic E-state index is 0.0131. The van der Waals surface area contributed by atoms with E-state index in [2.05, 4.69) is 32.9 Å². The summed E-state index contributed by atoms with van der Waals surface area (Å²) in [6.07, 6.45) is 4.53. The molecular weight excluding hydrogens is 268 g/mol. The van der Waals surface area contributed by atoms with Crippen LogP contribution in [-0.4, -0.2) is 9.97 Å². The van der Waals surface area contributed by atoms with Crippen LogP contribution in [0.25, 0.3) is 10.8 Å². The second-order valence-corrected chi connectivity index (χ2v) is 5.70. The molecule has 1 unspecified atom stereocenters. The van der Waals surface area contributed by atoms with Crippen LogP contribution in [0.15, 0.2) is 42.0 Å². The van der Waals surface area contributed by atoms with E-state index in [1.165, 1.54) is 5.39 Å². The summed E-state index contributed by atoms with van der Waals surface area (Å²) in [4.78, 5) is 8.82. The zero-order chi connectivity index (χ0) is 13.9. The molecule has 4 nitrogen and oxygen atoms in total. The van der Waals surface area contributed by atoms with E-state index < -0.39 is 0 Å². The molecule has 5 heteroatoms. The van der Waals surface area contributed by atoms with Gasteiger partial charge in [-0.05, 0) is 17.9 Å². The predicted octanol–water partition coefficient (Wildman–Crippen LogP) is 2.75. The Morgan fingerprint density at radius 3 is 2.90 bits per heavy atom. The Morgan fingerprint density at radius 2 is 2.15 bits per heavy atom. The van der Waals surface area contributed by atoms with E-state index >= 15 is 0 Å². The number of hydrazine groups is 1. The fourth-order valence-corrected chi connectivity index (χ4v) is 3.17. The van der Waals surface area contributed by atoms with Crippen molar-refractivity contribution in [1.29, 1.82) is 0 Å². The molecule has 0 radical (unpaired) electrons. The van der Waals surface area contributed by atoms with E-state index in [4.69, 9.17) is 5.84 Å². The van der Waals surface area contributed by atoms with Gasteiger partial charge < -0.3 is 0 Å². The fraction of sp³-hybridized carbons (Fsp3) is 0.200. The van der Waals surface area contributed by atoms with Gasteiger partial charge in [-0.25, -0.2) is 4.98 Å². The van der Waals surface area contributed by atoms with Crippen LogP contribution in [0, 0.1) is 6.92 Å². The van der Waals surface area contributed by atoms with Gasteiger partial charge in [-0.15, -0.1) is 11.3 Å². The number of fused-ring (bicyclic) bond motifs is 1. The minimum Gasteiger partial charge on any atom is -0.271 e. The maximum Gasteiger partial charge on any atom is 0.0947 e. The highest BCUT2D eigenvalue weighted by atomic mass is 32.1. The summed E-state index contributed by atoms with van der Waals surface area (Å²) >= 11 is 1.67. The normalized spacial score (nSPS) is 12.7. The largest absolute Gasteiger partial charge is 0.271 e.